The summed E-state index contributed by atoms with van der Waals surface area (Å²) in [5.74, 6) is -0.000469. The quantitative estimate of drug-likeness (QED) is 0.864. The molecule has 0 fully saturated rings. The first-order chi connectivity index (χ1) is 13.1. The van der Waals surface area contributed by atoms with Crippen LogP contribution in [0.1, 0.15) is 41.3 Å². The van der Waals surface area contributed by atoms with Crippen LogP contribution in [0, 0.1) is 0 Å². The van der Waals surface area contributed by atoms with Gasteiger partial charge in [0.05, 0.1) is 11.0 Å². The van der Waals surface area contributed by atoms with Crippen LogP contribution in [0.15, 0.2) is 47.8 Å². The van der Waals surface area contributed by atoms with E-state index in [1.54, 1.807) is 24.5 Å². The molecule has 1 unspecified atom stereocenters. The number of benzene rings is 1. The van der Waals surface area contributed by atoms with Gasteiger partial charge in [-0.1, -0.05) is 17.8 Å². The van der Waals surface area contributed by atoms with Crippen LogP contribution in [0.2, 0.25) is 0 Å². The van der Waals surface area contributed by atoms with Gasteiger partial charge in [0.2, 0.25) is 0 Å². The monoisotopic (exact) mass is 380 g/mol. The molecule has 27 heavy (non-hydrogen) atoms. The SMILES string of the molecule is CC1SC(=O)NN=C1c1ccc2c(c1)CCCCN2C(=O)c1ccncc1. The van der Waals surface area contributed by atoms with Crippen LogP contribution >= 0.6 is 11.8 Å². The van der Waals surface area contributed by atoms with Crippen molar-refractivity contribution >= 4 is 34.3 Å². The summed E-state index contributed by atoms with van der Waals surface area (Å²) >= 11 is 1.24. The first kappa shape index (κ1) is 17.7. The van der Waals surface area contributed by atoms with Crippen LogP contribution in [0.4, 0.5) is 10.5 Å². The molecule has 1 N–H and O–H groups in total. The topological polar surface area (TPSA) is 74.7 Å². The third-order valence-electron chi connectivity index (χ3n) is 4.85. The van der Waals surface area contributed by atoms with Gasteiger partial charge in [-0.25, -0.2) is 5.43 Å². The van der Waals surface area contributed by atoms with E-state index in [9.17, 15) is 9.59 Å². The van der Waals surface area contributed by atoms with Crippen molar-refractivity contribution in [1.29, 1.82) is 0 Å². The number of amides is 2. The van der Waals surface area contributed by atoms with Crippen LogP contribution in [0.25, 0.3) is 0 Å². The Morgan fingerprint density at radius 3 is 2.81 bits per heavy atom. The van der Waals surface area contributed by atoms with Gasteiger partial charge >= 0.3 is 0 Å². The molecule has 0 aliphatic carbocycles. The van der Waals surface area contributed by atoms with Gasteiger partial charge in [-0.2, -0.15) is 5.10 Å². The number of nitrogens with one attached hydrogen (secondary N) is 1. The normalized spacial score (nSPS) is 19.6. The summed E-state index contributed by atoms with van der Waals surface area (Å²) in [6, 6.07) is 9.61. The highest BCUT2D eigenvalue weighted by Crippen LogP contribution is 2.30. The van der Waals surface area contributed by atoms with Crippen molar-refractivity contribution in [1.82, 2.24) is 10.4 Å². The maximum absolute atomic E-state index is 13.0. The number of anilines is 1. The lowest BCUT2D eigenvalue weighted by atomic mass is 10.00. The van der Waals surface area contributed by atoms with Crippen molar-refractivity contribution in [3.05, 3.63) is 59.4 Å². The molecule has 0 saturated heterocycles. The first-order valence-corrected chi connectivity index (χ1v) is 9.91. The number of fused-ring (bicyclic) bond motifs is 1. The number of rotatable bonds is 2. The lowest BCUT2D eigenvalue weighted by Crippen LogP contribution is -2.32. The molecule has 6 nitrogen and oxygen atoms in total. The highest BCUT2D eigenvalue weighted by molar-refractivity contribution is 8.14. The first-order valence-electron chi connectivity index (χ1n) is 9.03. The molecule has 2 amide bonds. The average Bonchev–Trinajstić information content (AvgIpc) is 2.90. The van der Waals surface area contributed by atoms with Gasteiger partial charge in [-0.15, -0.1) is 0 Å². The average molecular weight is 380 g/mol. The third-order valence-corrected chi connectivity index (χ3v) is 5.74. The van der Waals surface area contributed by atoms with Gasteiger partial charge < -0.3 is 4.90 Å². The highest BCUT2D eigenvalue weighted by atomic mass is 32.2. The van der Waals surface area contributed by atoms with E-state index < -0.39 is 0 Å². The lowest BCUT2D eigenvalue weighted by molar-refractivity contribution is 0.0987. The van der Waals surface area contributed by atoms with Crippen LogP contribution in [0.3, 0.4) is 0 Å². The summed E-state index contributed by atoms with van der Waals surface area (Å²) in [6.45, 7) is 2.68. The van der Waals surface area contributed by atoms with E-state index in [4.69, 9.17) is 0 Å². The van der Waals surface area contributed by atoms with Gasteiger partial charge in [0.1, 0.15) is 0 Å². The van der Waals surface area contributed by atoms with E-state index in [1.165, 1.54) is 11.8 Å². The van der Waals surface area contributed by atoms with Crippen molar-refractivity contribution in [3.63, 3.8) is 0 Å². The number of hydrogen-bond donors (Lipinski definition) is 1. The molecule has 7 heteroatoms. The molecule has 2 aliphatic rings. The minimum Gasteiger partial charge on any atom is -0.308 e. The van der Waals surface area contributed by atoms with Crippen molar-refractivity contribution in [3.8, 4) is 0 Å². The summed E-state index contributed by atoms with van der Waals surface area (Å²) in [5.41, 5.74) is 7.14. The number of carbonyl (C=O) groups is 2. The zero-order chi connectivity index (χ0) is 18.8. The molecular weight excluding hydrogens is 360 g/mol. The Labute approximate surface area is 162 Å². The van der Waals surface area contributed by atoms with Crippen molar-refractivity contribution < 1.29 is 9.59 Å². The standard InChI is InChI=1S/C20H20N4O2S/c1-13-18(22-23-20(26)27-13)16-5-6-17-15(12-16)4-2-3-11-24(17)19(25)14-7-9-21-10-8-14/h5-10,12-13H,2-4,11H2,1H3,(H,23,26). The number of aryl methyl sites for hydroxylation is 1. The summed E-state index contributed by atoms with van der Waals surface area (Å²) in [4.78, 5) is 30.4. The highest BCUT2D eigenvalue weighted by Gasteiger charge is 2.26. The van der Waals surface area contributed by atoms with E-state index in [0.29, 0.717) is 12.1 Å². The number of hydrazone groups is 1. The Morgan fingerprint density at radius 2 is 2.04 bits per heavy atom. The lowest BCUT2D eigenvalue weighted by Gasteiger charge is -2.24. The number of aromatic nitrogens is 1. The van der Waals surface area contributed by atoms with E-state index in [-0.39, 0.29) is 16.4 Å². The van der Waals surface area contributed by atoms with Crippen LogP contribution in [0.5, 0.6) is 0 Å². The number of thioether (sulfide) groups is 1. The molecule has 1 aromatic heterocycles. The summed E-state index contributed by atoms with van der Waals surface area (Å²) in [7, 11) is 0. The Kier molecular flexibility index (Phi) is 4.94. The Bertz CT molecular complexity index is 913. The molecule has 0 bridgehead atoms. The molecule has 0 saturated carbocycles. The number of hydrogen-bond acceptors (Lipinski definition) is 5. The largest absolute Gasteiger partial charge is 0.308 e. The summed E-state index contributed by atoms with van der Waals surface area (Å²) < 4.78 is 0. The molecule has 0 radical (unpaired) electrons. The predicted molar refractivity (Wildman–Crippen MR) is 107 cm³/mol. The van der Waals surface area contributed by atoms with Gasteiger partial charge in [0.15, 0.2) is 0 Å². The maximum atomic E-state index is 13.0. The van der Waals surface area contributed by atoms with Crippen LogP contribution < -0.4 is 10.3 Å². The molecule has 2 aliphatic heterocycles. The molecule has 1 atom stereocenters. The fourth-order valence-electron chi connectivity index (χ4n) is 3.51. The number of carbonyl (C=O) groups excluding carboxylic acids is 2. The van der Waals surface area contributed by atoms with E-state index in [0.717, 1.165) is 41.8 Å². The molecule has 4 rings (SSSR count). The van der Waals surface area contributed by atoms with Gasteiger partial charge in [-0.3, -0.25) is 14.6 Å². The van der Waals surface area contributed by atoms with Crippen LogP contribution in [-0.4, -0.2) is 33.6 Å². The number of nitrogens with zero attached hydrogens (tertiary/aromatic N) is 3. The second-order valence-electron chi connectivity index (χ2n) is 6.65. The van der Waals surface area contributed by atoms with Crippen molar-refractivity contribution in [2.45, 2.75) is 31.4 Å². The summed E-state index contributed by atoms with van der Waals surface area (Å²) in [6.07, 6.45) is 6.20. The van der Waals surface area contributed by atoms with Crippen LogP contribution in [-0.2, 0) is 6.42 Å². The number of pyridine rings is 1. The minimum absolute atomic E-state index is 0.000469. The summed E-state index contributed by atoms with van der Waals surface area (Å²) in [5, 5.41) is 4.11. The van der Waals surface area contributed by atoms with Gasteiger partial charge in [0.25, 0.3) is 11.1 Å². The van der Waals surface area contributed by atoms with E-state index in [1.807, 2.05) is 24.0 Å². The second kappa shape index (κ2) is 7.52. The fraction of sp³-hybridized carbons (Fsp3) is 0.300. The third kappa shape index (κ3) is 3.60. The molecule has 1 aromatic carbocycles. The van der Waals surface area contributed by atoms with E-state index in [2.05, 4.69) is 21.6 Å². The zero-order valence-corrected chi connectivity index (χ0v) is 15.8. The Hall–Kier alpha value is -2.67. The molecule has 138 valence electrons. The minimum atomic E-state index is -0.130. The molecule has 2 aromatic rings. The van der Waals surface area contributed by atoms with Gasteiger partial charge in [-0.05, 0) is 61.6 Å². The molecular formula is C20H20N4O2S. The van der Waals surface area contributed by atoms with Crippen molar-refractivity contribution in [2.24, 2.45) is 5.10 Å². The smallest absolute Gasteiger partial charge is 0.299 e. The second-order valence-corrected chi connectivity index (χ2v) is 7.96. The van der Waals surface area contributed by atoms with Gasteiger partial charge in [0, 0.05) is 30.2 Å². The molecule has 0 spiro atoms. The van der Waals surface area contributed by atoms with E-state index >= 15 is 0 Å². The Balaban J connectivity index is 1.69. The molecule has 3 heterocycles. The predicted octanol–water partition coefficient (Wildman–Crippen LogP) is 3.61. The van der Waals surface area contributed by atoms with Crippen molar-refractivity contribution in [2.75, 3.05) is 11.4 Å². The Morgan fingerprint density at radius 1 is 1.22 bits per heavy atom. The fourth-order valence-corrected chi connectivity index (χ4v) is 4.23. The maximum Gasteiger partial charge on any atom is 0.299 e. The zero-order valence-electron chi connectivity index (χ0n) is 15.0.